The molecule has 1 saturated heterocycles. The maximum atomic E-state index is 6.16. The van der Waals surface area contributed by atoms with E-state index in [4.69, 9.17) is 27.9 Å². The zero-order valence-electron chi connectivity index (χ0n) is 12.4. The summed E-state index contributed by atoms with van der Waals surface area (Å²) in [6.45, 7) is 4.43. The fourth-order valence-electron chi connectivity index (χ4n) is 2.87. The Morgan fingerprint density at radius 3 is 2.86 bits per heavy atom. The molecule has 0 aliphatic carbocycles. The number of aryl methyl sites for hydroxylation is 1. The van der Waals surface area contributed by atoms with Gasteiger partial charge in [-0.05, 0) is 37.1 Å². The van der Waals surface area contributed by atoms with Crippen LogP contribution in [-0.2, 0) is 11.2 Å². The fraction of sp³-hybridized carbons (Fsp3) is 0.438. The highest BCUT2D eigenvalue weighted by atomic mass is 35.5. The number of aromatic amines is 1. The van der Waals surface area contributed by atoms with Crippen LogP contribution >= 0.6 is 23.2 Å². The number of nitrogens with zero attached hydrogens (tertiary/aromatic N) is 1. The minimum absolute atomic E-state index is 0.0122. The minimum Gasteiger partial charge on any atom is -0.372 e. The van der Waals surface area contributed by atoms with E-state index in [2.05, 4.69) is 21.6 Å². The normalized spacial score (nSPS) is 22.5. The lowest BCUT2D eigenvalue weighted by atomic mass is 9.91. The summed E-state index contributed by atoms with van der Waals surface area (Å²) >= 11 is 12.2. The third-order valence-electron chi connectivity index (χ3n) is 3.91. The van der Waals surface area contributed by atoms with E-state index in [1.807, 2.05) is 25.1 Å². The largest absolute Gasteiger partial charge is 0.372 e. The first-order valence-electron chi connectivity index (χ1n) is 7.41. The van der Waals surface area contributed by atoms with Crippen LogP contribution in [-0.4, -0.2) is 29.9 Å². The molecule has 0 unspecified atom stereocenters. The first-order chi connectivity index (χ1) is 10.6. The molecule has 1 aliphatic heterocycles. The van der Waals surface area contributed by atoms with Crippen molar-refractivity contribution in [2.24, 2.45) is 5.92 Å². The van der Waals surface area contributed by atoms with Gasteiger partial charge in [0.2, 0.25) is 0 Å². The quantitative estimate of drug-likeness (QED) is 0.899. The number of ether oxygens (including phenoxy) is 1. The van der Waals surface area contributed by atoms with Crippen molar-refractivity contribution >= 4 is 23.2 Å². The zero-order valence-corrected chi connectivity index (χ0v) is 13.9. The van der Waals surface area contributed by atoms with E-state index in [-0.39, 0.29) is 6.10 Å². The molecular formula is C16H19Cl2N3O. The van der Waals surface area contributed by atoms with Crippen molar-refractivity contribution in [2.75, 3.05) is 19.7 Å². The van der Waals surface area contributed by atoms with Gasteiger partial charge in [-0.15, -0.1) is 0 Å². The molecule has 1 aromatic heterocycles. The van der Waals surface area contributed by atoms with Crippen LogP contribution in [0.4, 0.5) is 0 Å². The van der Waals surface area contributed by atoms with Gasteiger partial charge in [-0.1, -0.05) is 29.3 Å². The standard InChI is InChI=1S/C16H19Cl2N3O/c1-10-6-13(21-20-10)7-12-9-19-4-5-22-16(12)11-2-3-14(17)15(18)8-11/h2-3,6,8,12,16,19H,4-5,7,9H2,1H3,(H,20,21)/t12-,16+/m1/s1. The van der Waals surface area contributed by atoms with Gasteiger partial charge in [-0.2, -0.15) is 5.10 Å². The molecule has 0 amide bonds. The lowest BCUT2D eigenvalue weighted by molar-refractivity contribution is 0.0304. The molecule has 0 spiro atoms. The number of aromatic nitrogens is 2. The Balaban J connectivity index is 1.85. The summed E-state index contributed by atoms with van der Waals surface area (Å²) in [5.41, 5.74) is 3.19. The topological polar surface area (TPSA) is 49.9 Å². The van der Waals surface area contributed by atoms with Crippen LogP contribution in [0.2, 0.25) is 10.0 Å². The van der Waals surface area contributed by atoms with Crippen molar-refractivity contribution in [3.05, 3.63) is 51.3 Å². The molecule has 0 saturated carbocycles. The number of H-pyrrole nitrogens is 1. The molecule has 2 atom stereocenters. The Bertz CT molecular complexity index is 644. The van der Waals surface area contributed by atoms with Crippen LogP contribution in [0.5, 0.6) is 0 Å². The highest BCUT2D eigenvalue weighted by Gasteiger charge is 2.27. The van der Waals surface area contributed by atoms with Crippen molar-refractivity contribution in [1.29, 1.82) is 0 Å². The summed E-state index contributed by atoms with van der Waals surface area (Å²) in [7, 11) is 0. The van der Waals surface area contributed by atoms with Gasteiger partial charge in [0, 0.05) is 24.7 Å². The summed E-state index contributed by atoms with van der Waals surface area (Å²) in [6, 6.07) is 7.81. The second-order valence-electron chi connectivity index (χ2n) is 5.68. The van der Waals surface area contributed by atoms with E-state index in [1.165, 1.54) is 0 Å². The predicted octanol–water partition coefficient (Wildman–Crippen LogP) is 3.54. The van der Waals surface area contributed by atoms with Crippen LogP contribution in [0, 0.1) is 12.8 Å². The third kappa shape index (κ3) is 3.63. The molecule has 0 radical (unpaired) electrons. The minimum atomic E-state index is -0.0122. The lowest BCUT2D eigenvalue weighted by Crippen LogP contribution is -2.26. The summed E-state index contributed by atoms with van der Waals surface area (Å²) in [6.07, 6.45) is 0.837. The van der Waals surface area contributed by atoms with Crippen LogP contribution in [0.3, 0.4) is 0 Å². The molecule has 0 bridgehead atoms. The van der Waals surface area contributed by atoms with Crippen LogP contribution < -0.4 is 5.32 Å². The van der Waals surface area contributed by atoms with Crippen molar-refractivity contribution in [3.8, 4) is 0 Å². The van der Waals surface area contributed by atoms with Crippen LogP contribution in [0.25, 0.3) is 0 Å². The van der Waals surface area contributed by atoms with Crippen molar-refractivity contribution < 1.29 is 4.74 Å². The first kappa shape index (κ1) is 15.8. The Morgan fingerprint density at radius 2 is 2.14 bits per heavy atom. The van der Waals surface area contributed by atoms with Gasteiger partial charge in [-0.3, -0.25) is 5.10 Å². The van der Waals surface area contributed by atoms with E-state index in [9.17, 15) is 0 Å². The van der Waals surface area contributed by atoms with Crippen LogP contribution in [0.1, 0.15) is 23.1 Å². The molecule has 2 aromatic rings. The molecule has 1 fully saturated rings. The van der Waals surface area contributed by atoms with Gasteiger partial charge in [0.1, 0.15) is 0 Å². The molecule has 6 heteroatoms. The average molecular weight is 340 g/mol. The number of nitrogens with one attached hydrogen (secondary N) is 2. The number of hydrogen-bond donors (Lipinski definition) is 2. The Labute approximate surface area is 140 Å². The van der Waals surface area contributed by atoms with Crippen molar-refractivity contribution in [3.63, 3.8) is 0 Å². The second kappa shape index (κ2) is 7.01. The average Bonchev–Trinajstić information content (AvgIpc) is 2.76. The number of halogens is 2. The highest BCUT2D eigenvalue weighted by Crippen LogP contribution is 2.33. The first-order valence-corrected chi connectivity index (χ1v) is 8.17. The van der Waals surface area contributed by atoms with E-state index in [1.54, 1.807) is 0 Å². The summed E-state index contributed by atoms with van der Waals surface area (Å²) < 4.78 is 6.07. The Kier molecular flexibility index (Phi) is 5.03. The molecular weight excluding hydrogens is 321 g/mol. The van der Waals surface area contributed by atoms with E-state index in [0.29, 0.717) is 22.6 Å². The fourth-order valence-corrected chi connectivity index (χ4v) is 3.18. The van der Waals surface area contributed by atoms with Gasteiger partial charge < -0.3 is 10.1 Å². The van der Waals surface area contributed by atoms with Crippen LogP contribution in [0.15, 0.2) is 24.3 Å². The van der Waals surface area contributed by atoms with E-state index in [0.717, 1.165) is 36.5 Å². The number of rotatable bonds is 3. The predicted molar refractivity (Wildman–Crippen MR) is 88.5 cm³/mol. The third-order valence-corrected chi connectivity index (χ3v) is 4.65. The number of hydrogen-bond acceptors (Lipinski definition) is 3. The van der Waals surface area contributed by atoms with E-state index < -0.39 is 0 Å². The number of benzene rings is 1. The lowest BCUT2D eigenvalue weighted by Gasteiger charge is -2.25. The van der Waals surface area contributed by atoms with Gasteiger partial charge in [0.25, 0.3) is 0 Å². The van der Waals surface area contributed by atoms with Gasteiger partial charge in [-0.25, -0.2) is 0 Å². The van der Waals surface area contributed by atoms with Gasteiger partial charge >= 0.3 is 0 Å². The summed E-state index contributed by atoms with van der Waals surface area (Å²) in [4.78, 5) is 0. The molecule has 2 N–H and O–H groups in total. The van der Waals surface area contributed by atoms with Crippen molar-refractivity contribution in [1.82, 2.24) is 15.5 Å². The molecule has 4 nitrogen and oxygen atoms in total. The molecule has 3 rings (SSSR count). The Hall–Kier alpha value is -1.07. The SMILES string of the molecule is Cc1cc(C[C@@H]2CNCCO[C@H]2c2ccc(Cl)c(Cl)c2)n[nH]1. The maximum Gasteiger partial charge on any atom is 0.0870 e. The van der Waals surface area contributed by atoms with Gasteiger partial charge in [0.15, 0.2) is 0 Å². The summed E-state index contributed by atoms with van der Waals surface area (Å²) in [5.74, 6) is 0.294. The van der Waals surface area contributed by atoms with E-state index >= 15 is 0 Å². The zero-order chi connectivity index (χ0) is 15.5. The van der Waals surface area contributed by atoms with Crippen molar-refractivity contribution in [2.45, 2.75) is 19.4 Å². The maximum absolute atomic E-state index is 6.16. The Morgan fingerprint density at radius 1 is 1.27 bits per heavy atom. The smallest absolute Gasteiger partial charge is 0.0870 e. The highest BCUT2D eigenvalue weighted by molar-refractivity contribution is 6.42. The molecule has 22 heavy (non-hydrogen) atoms. The molecule has 2 heterocycles. The summed E-state index contributed by atoms with van der Waals surface area (Å²) in [5, 5.41) is 11.9. The molecule has 1 aromatic carbocycles. The monoisotopic (exact) mass is 339 g/mol. The second-order valence-corrected chi connectivity index (χ2v) is 6.49. The molecule has 1 aliphatic rings. The molecule has 118 valence electrons. The van der Waals surface area contributed by atoms with Gasteiger partial charge in [0.05, 0.1) is 28.5 Å².